The van der Waals surface area contributed by atoms with Crippen molar-refractivity contribution in [2.45, 2.75) is 194 Å². The molecule has 55 heavy (non-hydrogen) atoms. The van der Waals surface area contributed by atoms with Gasteiger partial charge in [0, 0.05) is 19.3 Å². The molecular formula is C49H80O6. The van der Waals surface area contributed by atoms with E-state index in [9.17, 15) is 14.4 Å². The van der Waals surface area contributed by atoms with Gasteiger partial charge in [0.25, 0.3) is 0 Å². The van der Waals surface area contributed by atoms with Crippen LogP contribution in [0.15, 0.2) is 85.1 Å². The lowest BCUT2D eigenvalue weighted by Crippen LogP contribution is -2.30. The summed E-state index contributed by atoms with van der Waals surface area (Å²) in [6.45, 7) is 6.30. The Morgan fingerprint density at radius 1 is 0.382 bits per heavy atom. The molecule has 0 aromatic carbocycles. The molecule has 0 spiro atoms. The van der Waals surface area contributed by atoms with Gasteiger partial charge < -0.3 is 14.2 Å². The lowest BCUT2D eigenvalue weighted by Gasteiger charge is -2.18. The van der Waals surface area contributed by atoms with Gasteiger partial charge in [-0.2, -0.15) is 0 Å². The van der Waals surface area contributed by atoms with Gasteiger partial charge in [0.05, 0.1) is 0 Å². The normalized spacial score (nSPS) is 12.9. The minimum Gasteiger partial charge on any atom is -0.462 e. The number of rotatable bonds is 38. The number of hydrogen-bond acceptors (Lipinski definition) is 6. The summed E-state index contributed by atoms with van der Waals surface area (Å²) in [6, 6.07) is 0. The average Bonchev–Trinajstić information content (AvgIpc) is 3.18. The van der Waals surface area contributed by atoms with Gasteiger partial charge in [0.15, 0.2) is 6.10 Å². The Kier molecular flexibility index (Phi) is 40.6. The summed E-state index contributed by atoms with van der Waals surface area (Å²) in [4.78, 5) is 37.1. The van der Waals surface area contributed by atoms with Crippen molar-refractivity contribution >= 4 is 17.9 Å². The molecule has 6 nitrogen and oxygen atoms in total. The smallest absolute Gasteiger partial charge is 0.306 e. The summed E-state index contributed by atoms with van der Waals surface area (Å²) in [6.07, 6.45) is 55.0. The van der Waals surface area contributed by atoms with Crippen LogP contribution in [-0.2, 0) is 28.6 Å². The number of carbonyl (C=O) groups is 3. The van der Waals surface area contributed by atoms with E-state index in [1.54, 1.807) is 0 Å². The quantitative estimate of drug-likeness (QED) is 0.0270. The third-order valence-electron chi connectivity index (χ3n) is 8.91. The first kappa shape index (κ1) is 51.6. The average molecular weight is 765 g/mol. The Morgan fingerprint density at radius 2 is 0.709 bits per heavy atom. The fraction of sp³-hybridized carbons (Fsp3) is 0.653. The minimum absolute atomic E-state index is 0.0848. The summed E-state index contributed by atoms with van der Waals surface area (Å²) in [5.74, 6) is -0.944. The predicted octanol–water partition coefficient (Wildman–Crippen LogP) is 14.1. The highest BCUT2D eigenvalue weighted by molar-refractivity contribution is 5.71. The van der Waals surface area contributed by atoms with Gasteiger partial charge in [0.2, 0.25) is 0 Å². The van der Waals surface area contributed by atoms with Gasteiger partial charge in [-0.05, 0) is 77.0 Å². The van der Waals surface area contributed by atoms with E-state index in [0.29, 0.717) is 19.3 Å². The second kappa shape index (κ2) is 43.3. The topological polar surface area (TPSA) is 78.9 Å². The molecule has 0 N–H and O–H groups in total. The van der Waals surface area contributed by atoms with Gasteiger partial charge in [-0.25, -0.2) is 0 Å². The van der Waals surface area contributed by atoms with Gasteiger partial charge in [-0.1, -0.05) is 176 Å². The van der Waals surface area contributed by atoms with Crippen LogP contribution in [0.2, 0.25) is 0 Å². The van der Waals surface area contributed by atoms with Crippen molar-refractivity contribution in [1.82, 2.24) is 0 Å². The van der Waals surface area contributed by atoms with Crippen LogP contribution < -0.4 is 0 Å². The van der Waals surface area contributed by atoms with E-state index in [4.69, 9.17) is 14.2 Å². The Labute approximate surface area is 337 Å². The lowest BCUT2D eigenvalue weighted by atomic mass is 10.1. The van der Waals surface area contributed by atoms with E-state index in [1.807, 2.05) is 0 Å². The van der Waals surface area contributed by atoms with Crippen LogP contribution in [0.3, 0.4) is 0 Å². The molecule has 1 unspecified atom stereocenters. The zero-order chi connectivity index (χ0) is 40.1. The van der Waals surface area contributed by atoms with E-state index in [0.717, 1.165) is 141 Å². The highest BCUT2D eigenvalue weighted by Crippen LogP contribution is 2.11. The molecule has 0 heterocycles. The highest BCUT2D eigenvalue weighted by atomic mass is 16.6. The second-order valence-corrected chi connectivity index (χ2v) is 14.2. The summed E-state index contributed by atoms with van der Waals surface area (Å²) < 4.78 is 16.4. The molecule has 0 saturated carbocycles. The van der Waals surface area contributed by atoms with Crippen LogP contribution in [-0.4, -0.2) is 37.2 Å². The molecule has 0 aliphatic rings. The van der Waals surface area contributed by atoms with Crippen LogP contribution in [0.4, 0.5) is 0 Å². The molecule has 6 heteroatoms. The van der Waals surface area contributed by atoms with Crippen molar-refractivity contribution < 1.29 is 28.6 Å². The predicted molar refractivity (Wildman–Crippen MR) is 233 cm³/mol. The SMILES string of the molecule is CC/C=C\C/C=C\C/C=C\C/C=C\C/C=C\C/C=C\C/C=C\CCCCCCCC(=O)OCC(COC(=O)CCCCCCC)OC(=O)CCCCCCC. The molecule has 0 saturated heterocycles. The number of carbonyl (C=O) groups excluding carboxylic acids is 3. The summed E-state index contributed by atoms with van der Waals surface area (Å²) in [5.41, 5.74) is 0. The van der Waals surface area contributed by atoms with Gasteiger partial charge in [-0.3, -0.25) is 14.4 Å². The van der Waals surface area contributed by atoms with Crippen LogP contribution in [0.1, 0.15) is 188 Å². The van der Waals surface area contributed by atoms with Crippen molar-refractivity contribution in [3.63, 3.8) is 0 Å². The molecule has 0 rings (SSSR count). The molecule has 0 aliphatic carbocycles. The Balaban J connectivity index is 4.04. The first-order chi connectivity index (χ1) is 27.0. The fourth-order valence-electron chi connectivity index (χ4n) is 5.60. The third kappa shape index (κ3) is 41.6. The maximum atomic E-state index is 12.4. The minimum atomic E-state index is -0.774. The van der Waals surface area contributed by atoms with Gasteiger partial charge in [-0.15, -0.1) is 0 Å². The van der Waals surface area contributed by atoms with Crippen LogP contribution in [0.5, 0.6) is 0 Å². The first-order valence-corrected chi connectivity index (χ1v) is 22.1. The van der Waals surface area contributed by atoms with Crippen LogP contribution in [0.25, 0.3) is 0 Å². The Hall–Kier alpha value is -3.41. The molecule has 312 valence electrons. The molecule has 0 amide bonds. The molecule has 0 radical (unpaired) electrons. The van der Waals surface area contributed by atoms with E-state index in [1.165, 1.54) is 6.42 Å². The maximum Gasteiger partial charge on any atom is 0.306 e. The monoisotopic (exact) mass is 765 g/mol. The van der Waals surface area contributed by atoms with Crippen LogP contribution >= 0.6 is 0 Å². The van der Waals surface area contributed by atoms with Crippen molar-refractivity contribution in [3.8, 4) is 0 Å². The van der Waals surface area contributed by atoms with Gasteiger partial charge >= 0.3 is 17.9 Å². The lowest BCUT2D eigenvalue weighted by molar-refractivity contribution is -0.167. The molecule has 0 aromatic heterocycles. The highest BCUT2D eigenvalue weighted by Gasteiger charge is 2.19. The van der Waals surface area contributed by atoms with Crippen molar-refractivity contribution in [1.29, 1.82) is 0 Å². The summed E-state index contributed by atoms with van der Waals surface area (Å²) in [7, 11) is 0. The van der Waals surface area contributed by atoms with Crippen molar-refractivity contribution in [2.24, 2.45) is 0 Å². The number of ether oxygens (including phenoxy) is 3. The van der Waals surface area contributed by atoms with Crippen molar-refractivity contribution in [2.75, 3.05) is 13.2 Å². The van der Waals surface area contributed by atoms with Crippen molar-refractivity contribution in [3.05, 3.63) is 85.1 Å². The zero-order valence-electron chi connectivity index (χ0n) is 35.4. The summed E-state index contributed by atoms with van der Waals surface area (Å²) in [5, 5.41) is 0. The van der Waals surface area contributed by atoms with Crippen LogP contribution in [0, 0.1) is 0 Å². The maximum absolute atomic E-state index is 12.4. The molecule has 0 bridgehead atoms. The molecular weight excluding hydrogens is 685 g/mol. The molecule has 0 fully saturated rings. The van der Waals surface area contributed by atoms with E-state index in [-0.39, 0.29) is 31.1 Å². The summed E-state index contributed by atoms with van der Waals surface area (Å²) >= 11 is 0. The molecule has 1 atom stereocenters. The zero-order valence-corrected chi connectivity index (χ0v) is 35.4. The standard InChI is InChI=1S/C49H80O6/c1-4-7-10-13-14-15-16-17-18-19-20-21-22-23-24-25-26-27-28-29-30-31-32-33-34-37-39-42-48(51)54-45-46(55-49(52)43-40-36-12-9-6-3)44-53-47(50)41-38-35-11-8-5-2/h7,10,14-15,17-18,20-21,23-24,26-27,29-30,46H,4-6,8-9,11-13,16,19,22,25,28,31-45H2,1-3H3/b10-7-,15-14-,18-17-,21-20-,24-23-,27-26-,30-29-. The Morgan fingerprint density at radius 3 is 1.11 bits per heavy atom. The molecule has 0 aromatic rings. The van der Waals surface area contributed by atoms with Gasteiger partial charge in [0.1, 0.15) is 13.2 Å². The number of allylic oxidation sites excluding steroid dienone is 14. The third-order valence-corrected chi connectivity index (χ3v) is 8.91. The Bertz CT molecular complexity index is 1110. The number of unbranched alkanes of at least 4 members (excludes halogenated alkanes) is 13. The molecule has 0 aliphatic heterocycles. The second-order valence-electron chi connectivity index (χ2n) is 14.2. The largest absolute Gasteiger partial charge is 0.462 e. The van der Waals surface area contributed by atoms with E-state index < -0.39 is 6.10 Å². The number of esters is 3. The van der Waals surface area contributed by atoms with E-state index in [2.05, 4.69) is 106 Å². The van der Waals surface area contributed by atoms with E-state index >= 15 is 0 Å². The fourth-order valence-corrected chi connectivity index (χ4v) is 5.60. The number of hydrogen-bond donors (Lipinski definition) is 0. The first-order valence-electron chi connectivity index (χ1n) is 22.1.